The van der Waals surface area contributed by atoms with E-state index in [0.717, 1.165) is 96.6 Å². The van der Waals surface area contributed by atoms with Gasteiger partial charge in [0.2, 0.25) is 0 Å². The number of aromatic nitrogens is 3. The summed E-state index contributed by atoms with van der Waals surface area (Å²) in [5, 5.41) is 7.30. The maximum Gasteiger partial charge on any atom is 0.263 e. The van der Waals surface area contributed by atoms with Gasteiger partial charge in [-0.05, 0) is 31.7 Å². The number of amides is 1. The van der Waals surface area contributed by atoms with Crippen LogP contribution < -0.4 is 20.3 Å². The lowest BCUT2D eigenvalue weighted by atomic mass is 9.93. The number of morpholine rings is 1. The first-order valence-corrected chi connectivity index (χ1v) is 12.8. The highest BCUT2D eigenvalue weighted by atomic mass is 32.1. The van der Waals surface area contributed by atoms with Gasteiger partial charge in [0.25, 0.3) is 5.91 Å². The number of nitrogens with one attached hydrogen (secondary N) is 2. The van der Waals surface area contributed by atoms with Crippen molar-refractivity contribution >= 4 is 39.1 Å². The molecule has 0 bridgehead atoms. The maximum absolute atomic E-state index is 12.0. The van der Waals surface area contributed by atoms with Crippen molar-refractivity contribution in [3.8, 4) is 5.75 Å². The first-order valence-electron chi connectivity index (χ1n) is 12.0. The van der Waals surface area contributed by atoms with Crippen molar-refractivity contribution in [3.05, 3.63) is 35.1 Å². The van der Waals surface area contributed by atoms with Crippen LogP contribution in [0.2, 0.25) is 0 Å². The fraction of sp³-hybridized carbons (Fsp3) is 0.500. The molecule has 0 spiro atoms. The molecule has 1 amide bonds. The predicted molar refractivity (Wildman–Crippen MR) is 131 cm³/mol. The Hall–Kier alpha value is -2.98. The molecule has 178 valence electrons. The molecule has 0 radical (unpaired) electrons. The summed E-state index contributed by atoms with van der Waals surface area (Å²) >= 11 is 1.46. The van der Waals surface area contributed by atoms with Crippen LogP contribution in [0.15, 0.2) is 24.5 Å². The van der Waals surface area contributed by atoms with Gasteiger partial charge < -0.3 is 25.0 Å². The van der Waals surface area contributed by atoms with Crippen LogP contribution in [0.3, 0.4) is 0 Å². The first-order chi connectivity index (χ1) is 16.7. The monoisotopic (exact) mass is 480 g/mol. The third-order valence-corrected chi connectivity index (χ3v) is 7.77. The Morgan fingerprint density at radius 2 is 1.94 bits per heavy atom. The van der Waals surface area contributed by atoms with Crippen molar-refractivity contribution in [3.63, 3.8) is 0 Å². The number of rotatable bonds is 5. The molecule has 3 aromatic rings. The fourth-order valence-electron chi connectivity index (χ4n) is 4.94. The quantitative estimate of drug-likeness (QED) is 0.575. The Morgan fingerprint density at radius 3 is 2.76 bits per heavy atom. The summed E-state index contributed by atoms with van der Waals surface area (Å²) in [5.74, 6) is 0.806. The number of carbonyl (C=O) groups is 1. The standard InChI is InChI=1S/C24H28N6O3S/c31-23-22-18(5-6-27-23)29-24(34-22)28-15-1-3-17(4-2-15)33-20-14-16(30-9-11-32-12-10-30)13-19-21(20)26-8-7-25-19/h7-8,13-15,17H,1-6,9-12H2,(H,27,31)(H,28,29). The van der Waals surface area contributed by atoms with Crippen LogP contribution in [0, 0.1) is 0 Å². The minimum atomic E-state index is -0.00135. The van der Waals surface area contributed by atoms with Gasteiger partial charge in [-0.1, -0.05) is 11.3 Å². The summed E-state index contributed by atoms with van der Waals surface area (Å²) in [6, 6.07) is 4.54. The van der Waals surface area contributed by atoms with Gasteiger partial charge in [0.1, 0.15) is 16.1 Å². The Bertz CT molecular complexity index is 1190. The van der Waals surface area contributed by atoms with Gasteiger partial charge in [-0.2, -0.15) is 0 Å². The maximum atomic E-state index is 12.0. The number of fused-ring (bicyclic) bond motifs is 2. The van der Waals surface area contributed by atoms with Crippen LogP contribution in [0.1, 0.15) is 41.0 Å². The molecule has 34 heavy (non-hydrogen) atoms. The zero-order valence-corrected chi connectivity index (χ0v) is 19.8. The van der Waals surface area contributed by atoms with E-state index in [1.54, 1.807) is 12.4 Å². The normalized spacial score (nSPS) is 22.8. The summed E-state index contributed by atoms with van der Waals surface area (Å²) in [5.41, 5.74) is 3.69. The minimum absolute atomic E-state index is 0.00135. The smallest absolute Gasteiger partial charge is 0.263 e. The molecule has 0 atom stereocenters. The van der Waals surface area contributed by atoms with Crippen LogP contribution >= 0.6 is 11.3 Å². The summed E-state index contributed by atoms with van der Waals surface area (Å²) in [6.45, 7) is 3.87. The molecule has 2 aliphatic heterocycles. The molecular formula is C24H28N6O3S. The van der Waals surface area contributed by atoms with E-state index in [4.69, 9.17) is 9.47 Å². The van der Waals surface area contributed by atoms with E-state index in [2.05, 4.69) is 42.6 Å². The van der Waals surface area contributed by atoms with E-state index >= 15 is 0 Å². The Labute approximate surface area is 201 Å². The number of nitrogens with zero attached hydrogens (tertiary/aromatic N) is 4. The lowest BCUT2D eigenvalue weighted by Crippen LogP contribution is -2.36. The molecular weight excluding hydrogens is 452 g/mol. The summed E-state index contributed by atoms with van der Waals surface area (Å²) in [4.78, 5) is 28.8. The molecule has 1 aliphatic carbocycles. The van der Waals surface area contributed by atoms with Gasteiger partial charge in [0.15, 0.2) is 5.13 Å². The van der Waals surface area contributed by atoms with E-state index in [0.29, 0.717) is 12.6 Å². The molecule has 2 aromatic heterocycles. The van der Waals surface area contributed by atoms with Gasteiger partial charge in [-0.15, -0.1) is 0 Å². The number of benzene rings is 1. The molecule has 9 nitrogen and oxygen atoms in total. The highest BCUT2D eigenvalue weighted by Crippen LogP contribution is 2.34. The number of hydrogen-bond donors (Lipinski definition) is 2. The highest BCUT2D eigenvalue weighted by molar-refractivity contribution is 7.17. The fourth-order valence-corrected chi connectivity index (χ4v) is 5.94. The van der Waals surface area contributed by atoms with Crippen molar-refractivity contribution in [2.45, 2.75) is 44.2 Å². The van der Waals surface area contributed by atoms with Gasteiger partial charge in [0, 0.05) is 56.2 Å². The molecule has 1 saturated heterocycles. The largest absolute Gasteiger partial charge is 0.488 e. The second-order valence-electron chi connectivity index (χ2n) is 9.00. The molecule has 3 aliphatic rings. The van der Waals surface area contributed by atoms with E-state index in [1.165, 1.54) is 11.3 Å². The molecule has 4 heterocycles. The van der Waals surface area contributed by atoms with Crippen LogP contribution in [0.4, 0.5) is 10.8 Å². The number of anilines is 2. The van der Waals surface area contributed by atoms with Crippen molar-refractivity contribution in [1.29, 1.82) is 0 Å². The lowest BCUT2D eigenvalue weighted by Gasteiger charge is -2.31. The van der Waals surface area contributed by atoms with Gasteiger partial charge in [-0.25, -0.2) is 9.97 Å². The number of carbonyl (C=O) groups excluding carboxylic acids is 1. The third-order valence-electron chi connectivity index (χ3n) is 6.75. The zero-order valence-electron chi connectivity index (χ0n) is 19.0. The van der Waals surface area contributed by atoms with Gasteiger partial charge >= 0.3 is 0 Å². The molecule has 10 heteroatoms. The molecule has 1 aromatic carbocycles. The second-order valence-corrected chi connectivity index (χ2v) is 10.0. The van der Waals surface area contributed by atoms with E-state index in [9.17, 15) is 4.79 Å². The number of thiazole rings is 1. The third kappa shape index (κ3) is 4.39. The molecule has 2 fully saturated rings. The van der Waals surface area contributed by atoms with Crippen LogP contribution in [0.25, 0.3) is 11.0 Å². The summed E-state index contributed by atoms with van der Waals surface area (Å²) < 4.78 is 12.0. The van der Waals surface area contributed by atoms with Crippen molar-refractivity contribution < 1.29 is 14.3 Å². The van der Waals surface area contributed by atoms with Crippen molar-refractivity contribution in [1.82, 2.24) is 20.3 Å². The zero-order chi connectivity index (χ0) is 22.9. The molecule has 0 unspecified atom stereocenters. The predicted octanol–water partition coefficient (Wildman–Crippen LogP) is 3.01. The van der Waals surface area contributed by atoms with E-state index in [-0.39, 0.29) is 12.0 Å². The average Bonchev–Trinajstić information content (AvgIpc) is 3.29. The lowest BCUT2D eigenvalue weighted by molar-refractivity contribution is 0.0950. The van der Waals surface area contributed by atoms with Crippen molar-refractivity contribution in [2.24, 2.45) is 0 Å². The van der Waals surface area contributed by atoms with E-state index < -0.39 is 0 Å². The summed E-state index contributed by atoms with van der Waals surface area (Å²) in [7, 11) is 0. The van der Waals surface area contributed by atoms with Gasteiger partial charge in [-0.3, -0.25) is 9.78 Å². The van der Waals surface area contributed by atoms with Crippen LogP contribution in [-0.4, -0.2) is 65.9 Å². The Kier molecular flexibility index (Phi) is 5.92. The SMILES string of the molecule is O=C1NCCc2nc(NC3CCC(Oc4cc(N5CCOCC5)cc5nccnc45)CC3)sc21. The second kappa shape index (κ2) is 9.34. The highest BCUT2D eigenvalue weighted by Gasteiger charge is 2.27. The molecule has 6 rings (SSSR count). The summed E-state index contributed by atoms with van der Waals surface area (Å²) in [6.07, 6.45) is 8.28. The van der Waals surface area contributed by atoms with Crippen molar-refractivity contribution in [2.75, 3.05) is 43.1 Å². The molecule has 2 N–H and O–H groups in total. The number of hydrogen-bond acceptors (Lipinski definition) is 9. The topological polar surface area (TPSA) is 102 Å². The number of ether oxygens (including phenoxy) is 2. The van der Waals surface area contributed by atoms with Gasteiger partial charge in [0.05, 0.1) is 30.5 Å². The average molecular weight is 481 g/mol. The Balaban J connectivity index is 1.12. The first kappa shape index (κ1) is 21.5. The van der Waals surface area contributed by atoms with Crippen LogP contribution in [0.5, 0.6) is 5.75 Å². The van der Waals surface area contributed by atoms with E-state index in [1.807, 2.05) is 0 Å². The minimum Gasteiger partial charge on any atom is -0.488 e. The Morgan fingerprint density at radius 1 is 1.12 bits per heavy atom. The van der Waals surface area contributed by atoms with Crippen LogP contribution in [-0.2, 0) is 11.2 Å². The molecule has 1 saturated carbocycles.